The van der Waals surface area contributed by atoms with E-state index in [-0.39, 0.29) is 28.9 Å². The Morgan fingerprint density at radius 1 is 1.16 bits per heavy atom. The molecule has 2 saturated heterocycles. The number of hydrogen-bond donors (Lipinski definition) is 1. The van der Waals surface area contributed by atoms with Crippen LogP contribution < -0.4 is 10.6 Å². The Morgan fingerprint density at radius 3 is 2.78 bits per heavy atom. The minimum absolute atomic E-state index is 0.239. The van der Waals surface area contributed by atoms with Crippen LogP contribution in [0, 0.1) is 5.82 Å². The summed E-state index contributed by atoms with van der Waals surface area (Å²) in [5.74, 6) is 1.70. The van der Waals surface area contributed by atoms with Crippen LogP contribution in [0.5, 0.6) is 0 Å². The molecule has 4 aromatic rings. The Morgan fingerprint density at radius 2 is 2.03 bits per heavy atom. The second-order valence-corrected chi connectivity index (χ2v) is 8.89. The number of nitrogen functional groups attached to an aromatic ring is 1. The molecule has 2 bridgehead atoms. The van der Waals surface area contributed by atoms with E-state index in [0.717, 1.165) is 25.3 Å². The number of aromatic nitrogens is 4. The van der Waals surface area contributed by atoms with E-state index >= 15 is 0 Å². The van der Waals surface area contributed by atoms with Gasteiger partial charge in [-0.2, -0.15) is 9.50 Å². The maximum absolute atomic E-state index is 14.3. The molecule has 2 aliphatic heterocycles. The molecule has 164 valence electrons. The Hall–Kier alpha value is -2.88. The number of nitrogens with two attached hydrogens (primary N) is 1. The molecule has 2 N–H and O–H groups in total. The average molecular weight is 474 g/mol. The predicted molar refractivity (Wildman–Crippen MR) is 119 cm³/mol. The molecule has 0 saturated carbocycles. The van der Waals surface area contributed by atoms with Gasteiger partial charge < -0.3 is 15.1 Å². The molecular weight excluding hydrogens is 456 g/mol. The molecule has 6 rings (SSSR count). The van der Waals surface area contributed by atoms with Crippen LogP contribution in [0.3, 0.4) is 0 Å². The molecule has 2 aliphatic rings. The third-order valence-corrected chi connectivity index (χ3v) is 7.07. The highest BCUT2D eigenvalue weighted by Gasteiger charge is 2.44. The van der Waals surface area contributed by atoms with Gasteiger partial charge in [-0.25, -0.2) is 9.37 Å². The van der Waals surface area contributed by atoms with Crippen molar-refractivity contribution in [2.24, 2.45) is 0 Å². The second kappa shape index (κ2) is 7.33. The number of rotatable bonds is 4. The van der Waals surface area contributed by atoms with Crippen LogP contribution in [0.4, 0.5) is 16.2 Å². The van der Waals surface area contributed by atoms with E-state index in [2.05, 4.69) is 24.9 Å². The molecule has 0 radical (unpaired) electrons. The minimum atomic E-state index is -0.335. The first-order valence-corrected chi connectivity index (χ1v) is 10.9. The van der Waals surface area contributed by atoms with Crippen molar-refractivity contribution in [1.82, 2.24) is 24.5 Å². The number of anilines is 2. The number of likely N-dealkylation sites (tertiary alicyclic amines) is 1. The fourth-order valence-corrected chi connectivity index (χ4v) is 5.09. The molecule has 11 heteroatoms. The standard InChI is InChI=1S/C21H18Cl2FN7O/c22-14-3-4-15(24)13(19(14)23)10-29-8-12-6-11(29)9-30(12)17-7-18-26-20(16-2-1-5-32-16)28-31(18)21(25)27-17/h1-5,7,11-12H,6,8-10H2,(H2,25,27). The van der Waals surface area contributed by atoms with E-state index in [4.69, 9.17) is 33.4 Å². The summed E-state index contributed by atoms with van der Waals surface area (Å²) in [6.07, 6.45) is 2.53. The van der Waals surface area contributed by atoms with Crippen LogP contribution >= 0.6 is 23.2 Å². The molecule has 1 aromatic carbocycles. The fourth-order valence-electron chi connectivity index (χ4n) is 4.70. The minimum Gasteiger partial charge on any atom is -0.461 e. The Balaban J connectivity index is 1.24. The van der Waals surface area contributed by atoms with Crippen LogP contribution in [0.25, 0.3) is 17.2 Å². The average Bonchev–Trinajstić information content (AvgIpc) is 3.56. The SMILES string of the molecule is Nc1nc(N2CC3CC2CN3Cc2c(F)ccc(Cl)c2Cl)cc2nc(-c3ccco3)nn12. The summed E-state index contributed by atoms with van der Waals surface area (Å²) in [6, 6.07) is 8.80. The van der Waals surface area contributed by atoms with E-state index < -0.39 is 0 Å². The summed E-state index contributed by atoms with van der Waals surface area (Å²) in [7, 11) is 0. The van der Waals surface area contributed by atoms with Crippen LogP contribution in [0.15, 0.2) is 41.0 Å². The van der Waals surface area contributed by atoms with E-state index in [9.17, 15) is 4.39 Å². The molecule has 0 aliphatic carbocycles. The molecule has 3 aromatic heterocycles. The van der Waals surface area contributed by atoms with Gasteiger partial charge in [-0.3, -0.25) is 4.90 Å². The molecule has 0 spiro atoms. The van der Waals surface area contributed by atoms with E-state index in [1.54, 1.807) is 18.4 Å². The van der Waals surface area contributed by atoms with Crippen molar-refractivity contribution in [3.8, 4) is 11.6 Å². The maximum atomic E-state index is 14.3. The zero-order valence-electron chi connectivity index (χ0n) is 16.8. The van der Waals surface area contributed by atoms with E-state index in [1.165, 1.54) is 16.6 Å². The number of hydrogen-bond acceptors (Lipinski definition) is 7. The smallest absolute Gasteiger partial charge is 0.225 e. The molecule has 2 unspecified atom stereocenters. The quantitative estimate of drug-likeness (QED) is 0.449. The molecule has 2 fully saturated rings. The summed E-state index contributed by atoms with van der Waals surface area (Å²) < 4.78 is 21.2. The number of benzene rings is 1. The van der Waals surface area contributed by atoms with Crippen molar-refractivity contribution in [2.75, 3.05) is 23.7 Å². The first kappa shape index (κ1) is 19.8. The Labute approximate surface area is 192 Å². The van der Waals surface area contributed by atoms with Crippen LogP contribution in [0.1, 0.15) is 12.0 Å². The maximum Gasteiger partial charge on any atom is 0.225 e. The van der Waals surface area contributed by atoms with Crippen molar-refractivity contribution in [2.45, 2.75) is 25.0 Å². The number of piperazine rings is 1. The van der Waals surface area contributed by atoms with E-state index in [1.807, 2.05) is 6.07 Å². The van der Waals surface area contributed by atoms with Crippen molar-refractivity contribution in [3.63, 3.8) is 0 Å². The normalized spacial score (nSPS) is 20.7. The van der Waals surface area contributed by atoms with Crippen LogP contribution in [0.2, 0.25) is 10.0 Å². The van der Waals surface area contributed by atoms with Crippen molar-refractivity contribution in [3.05, 3.63) is 58.0 Å². The van der Waals surface area contributed by atoms with Gasteiger partial charge in [0.05, 0.1) is 16.3 Å². The van der Waals surface area contributed by atoms with Gasteiger partial charge in [-0.15, -0.1) is 5.10 Å². The lowest BCUT2D eigenvalue weighted by Crippen LogP contribution is -2.46. The monoisotopic (exact) mass is 473 g/mol. The van der Waals surface area contributed by atoms with Gasteiger partial charge >= 0.3 is 0 Å². The summed E-state index contributed by atoms with van der Waals surface area (Å²) in [5, 5.41) is 5.04. The lowest BCUT2D eigenvalue weighted by molar-refractivity contribution is 0.227. The van der Waals surface area contributed by atoms with Crippen LogP contribution in [-0.4, -0.2) is 49.7 Å². The molecule has 0 amide bonds. The molecule has 2 atom stereocenters. The van der Waals surface area contributed by atoms with Gasteiger partial charge in [0.1, 0.15) is 11.6 Å². The number of fused-ring (bicyclic) bond motifs is 3. The van der Waals surface area contributed by atoms with Gasteiger partial charge in [0.15, 0.2) is 11.4 Å². The predicted octanol–water partition coefficient (Wildman–Crippen LogP) is 3.88. The Kier molecular flexibility index (Phi) is 4.53. The first-order chi connectivity index (χ1) is 15.5. The zero-order chi connectivity index (χ0) is 22.0. The number of furan rings is 1. The molecular formula is C21H18Cl2FN7O. The summed E-state index contributed by atoms with van der Waals surface area (Å²) >= 11 is 12.3. The highest BCUT2D eigenvalue weighted by Crippen LogP contribution is 2.37. The summed E-state index contributed by atoms with van der Waals surface area (Å²) in [6.45, 7) is 1.95. The number of nitrogens with zero attached hydrogens (tertiary/aromatic N) is 6. The summed E-state index contributed by atoms with van der Waals surface area (Å²) in [5.41, 5.74) is 7.22. The lowest BCUT2D eigenvalue weighted by atomic mass is 10.1. The fraction of sp³-hybridized carbons (Fsp3) is 0.286. The number of halogens is 3. The lowest BCUT2D eigenvalue weighted by Gasteiger charge is -2.35. The van der Waals surface area contributed by atoms with Gasteiger partial charge in [0, 0.05) is 43.3 Å². The highest BCUT2D eigenvalue weighted by molar-refractivity contribution is 6.42. The van der Waals surface area contributed by atoms with Crippen molar-refractivity contribution >= 4 is 40.6 Å². The molecule has 5 heterocycles. The third-order valence-electron chi connectivity index (χ3n) is 6.23. The molecule has 8 nitrogen and oxygen atoms in total. The van der Waals surface area contributed by atoms with Gasteiger partial charge in [-0.1, -0.05) is 23.2 Å². The topological polar surface area (TPSA) is 88.7 Å². The third kappa shape index (κ3) is 3.11. The van der Waals surface area contributed by atoms with Gasteiger partial charge in [0.2, 0.25) is 11.8 Å². The largest absolute Gasteiger partial charge is 0.461 e. The van der Waals surface area contributed by atoms with Crippen LogP contribution in [-0.2, 0) is 6.54 Å². The zero-order valence-corrected chi connectivity index (χ0v) is 18.3. The van der Waals surface area contributed by atoms with E-state index in [0.29, 0.717) is 34.4 Å². The second-order valence-electron chi connectivity index (χ2n) is 8.10. The highest BCUT2D eigenvalue weighted by atomic mass is 35.5. The first-order valence-electron chi connectivity index (χ1n) is 10.2. The van der Waals surface area contributed by atoms with Gasteiger partial charge in [-0.05, 0) is 30.7 Å². The Bertz CT molecular complexity index is 1330. The van der Waals surface area contributed by atoms with Crippen molar-refractivity contribution in [1.29, 1.82) is 0 Å². The van der Waals surface area contributed by atoms with Crippen molar-refractivity contribution < 1.29 is 8.81 Å². The summed E-state index contributed by atoms with van der Waals surface area (Å²) in [4.78, 5) is 13.6. The van der Waals surface area contributed by atoms with Gasteiger partial charge in [0.25, 0.3) is 0 Å². The molecule has 32 heavy (non-hydrogen) atoms.